The zero-order valence-corrected chi connectivity index (χ0v) is 12.4. The molecule has 0 spiro atoms. The van der Waals surface area contributed by atoms with Gasteiger partial charge in [0.25, 0.3) is 0 Å². The summed E-state index contributed by atoms with van der Waals surface area (Å²) in [6, 6.07) is 13.1. The van der Waals surface area contributed by atoms with Crippen molar-refractivity contribution in [1.29, 1.82) is 0 Å². The molecule has 0 saturated heterocycles. The maximum Gasteiger partial charge on any atom is 0.311 e. The molecule has 2 heterocycles. The molecule has 112 valence electrons. The van der Waals surface area contributed by atoms with Gasteiger partial charge in [-0.2, -0.15) is 0 Å². The van der Waals surface area contributed by atoms with Gasteiger partial charge in [0.05, 0.1) is 34.4 Å². The molecule has 22 heavy (non-hydrogen) atoms. The summed E-state index contributed by atoms with van der Waals surface area (Å²) < 4.78 is 5.43. The van der Waals surface area contributed by atoms with Crippen LogP contribution in [-0.2, 0) is 0 Å². The van der Waals surface area contributed by atoms with Crippen molar-refractivity contribution in [3.8, 4) is 0 Å². The van der Waals surface area contributed by atoms with E-state index in [0.29, 0.717) is 5.76 Å². The van der Waals surface area contributed by atoms with Crippen LogP contribution < -0.4 is 0 Å². The predicted octanol–water partition coefficient (Wildman–Crippen LogP) is 4.52. The molecule has 1 aromatic carbocycles. The Bertz CT molecular complexity index is 823. The first-order valence-electron chi connectivity index (χ1n) is 7.15. The molecule has 0 saturated carbocycles. The van der Waals surface area contributed by atoms with Crippen molar-refractivity contribution in [2.75, 3.05) is 0 Å². The van der Waals surface area contributed by atoms with E-state index < -0.39 is 4.92 Å². The molecule has 3 aromatic rings. The molecule has 0 amide bonds. The lowest BCUT2D eigenvalue weighted by molar-refractivity contribution is -0.386. The average Bonchev–Trinajstić information content (AvgIpc) is 2.96. The number of nitro groups is 1. The van der Waals surface area contributed by atoms with Crippen LogP contribution in [0.3, 0.4) is 0 Å². The number of hydrogen-bond donors (Lipinski definition) is 0. The maximum absolute atomic E-state index is 11.2. The van der Waals surface area contributed by atoms with Crippen LogP contribution in [0.25, 0.3) is 10.9 Å². The molecule has 0 aliphatic carbocycles. The highest BCUT2D eigenvalue weighted by molar-refractivity contribution is 5.78. The van der Waals surface area contributed by atoms with E-state index in [1.807, 2.05) is 50.2 Å². The molecule has 0 fully saturated rings. The summed E-state index contributed by atoms with van der Waals surface area (Å²) in [4.78, 5) is 15.4. The Morgan fingerprint density at radius 2 is 1.91 bits per heavy atom. The van der Waals surface area contributed by atoms with E-state index in [1.165, 1.54) is 12.3 Å². The first kappa shape index (κ1) is 14.3. The number of pyridine rings is 1. The van der Waals surface area contributed by atoms with E-state index in [9.17, 15) is 10.1 Å². The average molecular weight is 296 g/mol. The number of fused-ring (bicyclic) bond motifs is 1. The van der Waals surface area contributed by atoms with Gasteiger partial charge < -0.3 is 4.42 Å². The van der Waals surface area contributed by atoms with Crippen LogP contribution in [0, 0.1) is 16.0 Å². The van der Waals surface area contributed by atoms with Crippen LogP contribution in [0.1, 0.15) is 31.2 Å². The largest absolute Gasteiger partial charge is 0.461 e. The predicted molar refractivity (Wildman–Crippen MR) is 83.8 cm³/mol. The molecule has 3 rings (SSSR count). The second-order valence-electron chi connectivity index (χ2n) is 5.58. The SMILES string of the molecule is CC(C)C(c1ccc2ccccc2n1)c1occc1[N+](=O)[O-]. The van der Waals surface area contributed by atoms with Gasteiger partial charge >= 0.3 is 5.69 Å². The second-order valence-corrected chi connectivity index (χ2v) is 5.58. The lowest BCUT2D eigenvalue weighted by atomic mass is 9.88. The number of rotatable bonds is 4. The Morgan fingerprint density at radius 1 is 1.14 bits per heavy atom. The number of para-hydroxylation sites is 1. The van der Waals surface area contributed by atoms with Crippen molar-refractivity contribution in [1.82, 2.24) is 4.98 Å². The Hall–Kier alpha value is -2.69. The van der Waals surface area contributed by atoms with Gasteiger partial charge in [0.1, 0.15) is 0 Å². The minimum Gasteiger partial charge on any atom is -0.461 e. The number of furan rings is 1. The van der Waals surface area contributed by atoms with Gasteiger partial charge in [-0.15, -0.1) is 0 Å². The van der Waals surface area contributed by atoms with Crippen LogP contribution >= 0.6 is 0 Å². The minimum atomic E-state index is -0.407. The van der Waals surface area contributed by atoms with Crippen LogP contribution in [0.4, 0.5) is 5.69 Å². The summed E-state index contributed by atoms with van der Waals surface area (Å²) in [7, 11) is 0. The van der Waals surface area contributed by atoms with Gasteiger partial charge in [0.2, 0.25) is 0 Å². The van der Waals surface area contributed by atoms with Gasteiger partial charge in [-0.05, 0) is 18.1 Å². The summed E-state index contributed by atoms with van der Waals surface area (Å²) in [5, 5.41) is 12.2. The van der Waals surface area contributed by atoms with E-state index in [0.717, 1.165) is 16.6 Å². The molecule has 1 unspecified atom stereocenters. The van der Waals surface area contributed by atoms with Gasteiger partial charge in [-0.25, -0.2) is 0 Å². The topological polar surface area (TPSA) is 69.2 Å². The van der Waals surface area contributed by atoms with Gasteiger partial charge in [0.15, 0.2) is 5.76 Å². The summed E-state index contributed by atoms with van der Waals surface area (Å²) in [6.45, 7) is 4.02. The third kappa shape index (κ3) is 2.45. The van der Waals surface area contributed by atoms with Crippen molar-refractivity contribution in [2.45, 2.75) is 19.8 Å². The molecule has 0 N–H and O–H groups in total. The van der Waals surface area contributed by atoms with Crippen LogP contribution in [-0.4, -0.2) is 9.91 Å². The van der Waals surface area contributed by atoms with E-state index in [2.05, 4.69) is 4.98 Å². The molecular formula is C17H16N2O3. The molecule has 5 heteroatoms. The fraction of sp³-hybridized carbons (Fsp3) is 0.235. The van der Waals surface area contributed by atoms with Crippen LogP contribution in [0.2, 0.25) is 0 Å². The highest BCUT2D eigenvalue weighted by atomic mass is 16.6. The van der Waals surface area contributed by atoms with E-state index in [-0.39, 0.29) is 17.5 Å². The lowest BCUT2D eigenvalue weighted by Crippen LogP contribution is -2.11. The summed E-state index contributed by atoms with van der Waals surface area (Å²) in [5.41, 5.74) is 1.67. The molecule has 5 nitrogen and oxygen atoms in total. The monoisotopic (exact) mass is 296 g/mol. The van der Waals surface area contributed by atoms with E-state index in [1.54, 1.807) is 0 Å². The fourth-order valence-electron chi connectivity index (χ4n) is 2.73. The van der Waals surface area contributed by atoms with Gasteiger partial charge in [-0.3, -0.25) is 15.1 Å². The number of nitrogens with zero attached hydrogens (tertiary/aromatic N) is 2. The second kappa shape index (κ2) is 5.60. The first-order chi connectivity index (χ1) is 10.6. The third-order valence-corrected chi connectivity index (χ3v) is 3.76. The highest BCUT2D eigenvalue weighted by Gasteiger charge is 2.30. The number of hydrogen-bond acceptors (Lipinski definition) is 4. The Morgan fingerprint density at radius 3 is 2.64 bits per heavy atom. The van der Waals surface area contributed by atoms with Crippen LogP contribution in [0.5, 0.6) is 0 Å². The van der Waals surface area contributed by atoms with Crippen LogP contribution in [0.15, 0.2) is 53.1 Å². The molecular weight excluding hydrogens is 280 g/mol. The normalized spacial score (nSPS) is 12.7. The smallest absolute Gasteiger partial charge is 0.311 e. The zero-order valence-electron chi connectivity index (χ0n) is 12.4. The Kier molecular flexibility index (Phi) is 3.63. The van der Waals surface area contributed by atoms with Crippen molar-refractivity contribution in [3.05, 3.63) is 70.3 Å². The molecule has 1 atom stereocenters. The first-order valence-corrected chi connectivity index (χ1v) is 7.15. The Labute approximate surface area is 127 Å². The van der Waals surface area contributed by atoms with Crippen molar-refractivity contribution in [2.24, 2.45) is 5.92 Å². The minimum absolute atomic E-state index is 0.00802. The van der Waals surface area contributed by atoms with Crippen molar-refractivity contribution < 1.29 is 9.34 Å². The highest BCUT2D eigenvalue weighted by Crippen LogP contribution is 2.37. The van der Waals surface area contributed by atoms with E-state index in [4.69, 9.17) is 4.42 Å². The molecule has 0 bridgehead atoms. The van der Waals surface area contributed by atoms with Crippen molar-refractivity contribution >= 4 is 16.6 Å². The molecule has 2 aromatic heterocycles. The summed E-state index contributed by atoms with van der Waals surface area (Å²) in [6.07, 6.45) is 1.36. The Balaban J connectivity index is 2.13. The molecule has 0 radical (unpaired) electrons. The summed E-state index contributed by atoms with van der Waals surface area (Å²) >= 11 is 0. The number of benzene rings is 1. The summed E-state index contributed by atoms with van der Waals surface area (Å²) in [5.74, 6) is 0.237. The standard InChI is InChI=1S/C17H16N2O3/c1-11(2)16(17-15(19(20)21)9-10-22-17)14-8-7-12-5-3-4-6-13(12)18-14/h3-11,16H,1-2H3. The van der Waals surface area contributed by atoms with Gasteiger partial charge in [0, 0.05) is 5.39 Å². The maximum atomic E-state index is 11.2. The van der Waals surface area contributed by atoms with Gasteiger partial charge in [-0.1, -0.05) is 38.1 Å². The zero-order chi connectivity index (χ0) is 15.7. The number of aromatic nitrogens is 1. The van der Waals surface area contributed by atoms with Crippen molar-refractivity contribution in [3.63, 3.8) is 0 Å². The fourth-order valence-corrected chi connectivity index (χ4v) is 2.73. The molecule has 0 aliphatic heterocycles. The third-order valence-electron chi connectivity index (χ3n) is 3.76. The lowest BCUT2D eigenvalue weighted by Gasteiger charge is -2.18. The molecule has 0 aliphatic rings. The van der Waals surface area contributed by atoms with E-state index >= 15 is 0 Å². The quantitative estimate of drug-likeness (QED) is 0.524.